The third-order valence-corrected chi connectivity index (χ3v) is 6.14. The maximum Gasteiger partial charge on any atom is 0.309 e. The summed E-state index contributed by atoms with van der Waals surface area (Å²) in [4.78, 5) is 24.5. The van der Waals surface area contributed by atoms with Gasteiger partial charge in [0.25, 0.3) is 5.97 Å². The molecule has 0 radical (unpaired) electrons. The molecule has 4 bridgehead atoms. The van der Waals surface area contributed by atoms with Crippen LogP contribution >= 0.6 is 0 Å². The van der Waals surface area contributed by atoms with Crippen molar-refractivity contribution in [3.8, 4) is 0 Å². The number of rotatable bonds is 3. The molecule has 0 aliphatic heterocycles. The highest BCUT2D eigenvalue weighted by Crippen LogP contribution is 2.65. The molecule has 112 valence electrons. The van der Waals surface area contributed by atoms with E-state index in [0.29, 0.717) is 18.3 Å². The van der Waals surface area contributed by atoms with Crippen molar-refractivity contribution in [1.82, 2.24) is 0 Å². The van der Waals surface area contributed by atoms with Crippen LogP contribution in [-0.4, -0.2) is 25.4 Å². The highest BCUT2D eigenvalue weighted by molar-refractivity contribution is 6.71. The summed E-state index contributed by atoms with van der Waals surface area (Å²) in [6, 6.07) is 0. The van der Waals surface area contributed by atoms with Crippen LogP contribution in [-0.2, 0) is 14.0 Å². The highest BCUT2D eigenvalue weighted by atomic mass is 28.4. The van der Waals surface area contributed by atoms with Crippen molar-refractivity contribution in [2.75, 3.05) is 0 Å². The van der Waals surface area contributed by atoms with E-state index < -0.39 is 25.1 Å². The second-order valence-corrected chi connectivity index (χ2v) is 12.8. The summed E-state index contributed by atoms with van der Waals surface area (Å²) in [7, 11) is -1.92. The van der Waals surface area contributed by atoms with Crippen LogP contribution in [0.3, 0.4) is 0 Å². The Hall–Kier alpha value is -0.843. The Morgan fingerprint density at radius 3 is 2.00 bits per heavy atom. The smallest absolute Gasteiger partial charge is 0.309 e. The van der Waals surface area contributed by atoms with Crippen LogP contribution in [0.25, 0.3) is 0 Å². The number of hydrogen-bond donors (Lipinski definition) is 1. The Morgan fingerprint density at radius 2 is 1.55 bits per heavy atom. The van der Waals surface area contributed by atoms with E-state index in [1.165, 1.54) is 0 Å². The molecule has 2 atom stereocenters. The fourth-order valence-electron chi connectivity index (χ4n) is 5.14. The van der Waals surface area contributed by atoms with E-state index in [2.05, 4.69) is 0 Å². The topological polar surface area (TPSA) is 63.6 Å². The predicted molar refractivity (Wildman–Crippen MR) is 76.6 cm³/mol. The molecule has 0 amide bonds. The van der Waals surface area contributed by atoms with E-state index in [4.69, 9.17) is 4.43 Å². The molecule has 1 N–H and O–H groups in total. The lowest BCUT2D eigenvalue weighted by molar-refractivity contribution is -0.185. The molecule has 4 nitrogen and oxygen atoms in total. The lowest BCUT2D eigenvalue weighted by atomic mass is 9.44. The average molecular weight is 296 g/mol. The van der Waals surface area contributed by atoms with Crippen LogP contribution in [0.1, 0.15) is 38.5 Å². The summed E-state index contributed by atoms with van der Waals surface area (Å²) >= 11 is 0. The van der Waals surface area contributed by atoms with Crippen LogP contribution in [0, 0.1) is 22.7 Å². The zero-order chi connectivity index (χ0) is 14.8. The van der Waals surface area contributed by atoms with Gasteiger partial charge in [-0.15, -0.1) is 0 Å². The van der Waals surface area contributed by atoms with Gasteiger partial charge in [0.15, 0.2) is 0 Å². The molecule has 0 spiro atoms. The van der Waals surface area contributed by atoms with Crippen LogP contribution < -0.4 is 0 Å². The third kappa shape index (κ3) is 2.10. The summed E-state index contributed by atoms with van der Waals surface area (Å²) in [6.07, 6.45) is 4.84. The molecule has 4 rings (SSSR count). The molecule has 0 saturated heterocycles. The van der Waals surface area contributed by atoms with Crippen LogP contribution in [0.15, 0.2) is 0 Å². The minimum absolute atomic E-state index is 0.101. The lowest BCUT2D eigenvalue weighted by Gasteiger charge is -2.59. The van der Waals surface area contributed by atoms with E-state index in [0.717, 1.165) is 32.1 Å². The number of carbonyl (C=O) groups is 2. The largest absolute Gasteiger partial charge is 0.519 e. The second kappa shape index (κ2) is 4.09. The van der Waals surface area contributed by atoms with Gasteiger partial charge in [0.2, 0.25) is 8.32 Å². The zero-order valence-corrected chi connectivity index (χ0v) is 13.6. The van der Waals surface area contributed by atoms with Gasteiger partial charge in [0.05, 0.1) is 10.8 Å². The van der Waals surface area contributed by atoms with Gasteiger partial charge in [-0.05, 0) is 70.0 Å². The first kappa shape index (κ1) is 14.1. The van der Waals surface area contributed by atoms with Crippen LogP contribution in [0.5, 0.6) is 0 Å². The van der Waals surface area contributed by atoms with Crippen molar-refractivity contribution >= 4 is 20.3 Å². The second-order valence-electron chi connectivity index (χ2n) is 8.33. The minimum atomic E-state index is -1.92. The number of carboxylic acids is 1. The van der Waals surface area contributed by atoms with Gasteiger partial charge < -0.3 is 9.53 Å². The summed E-state index contributed by atoms with van der Waals surface area (Å²) < 4.78 is 5.75. The van der Waals surface area contributed by atoms with Crippen LogP contribution in [0.4, 0.5) is 0 Å². The molecule has 5 heteroatoms. The molecule has 0 aromatic rings. The maximum atomic E-state index is 12.7. The summed E-state index contributed by atoms with van der Waals surface area (Å²) in [6.45, 7) is 6.04. The fraction of sp³-hybridized carbons (Fsp3) is 0.867. The molecule has 0 aromatic carbocycles. The van der Waals surface area contributed by atoms with E-state index in [9.17, 15) is 14.7 Å². The molecule has 0 heterocycles. The van der Waals surface area contributed by atoms with Gasteiger partial charge in [-0.2, -0.15) is 0 Å². The average Bonchev–Trinajstić information content (AvgIpc) is 2.24. The Labute approximate surface area is 121 Å². The maximum absolute atomic E-state index is 12.7. The van der Waals surface area contributed by atoms with Crippen molar-refractivity contribution in [3.63, 3.8) is 0 Å². The molecule has 4 saturated carbocycles. The third-order valence-electron chi connectivity index (χ3n) is 5.35. The van der Waals surface area contributed by atoms with Gasteiger partial charge in [0.1, 0.15) is 0 Å². The first-order chi connectivity index (χ1) is 9.14. The van der Waals surface area contributed by atoms with Gasteiger partial charge in [-0.1, -0.05) is 0 Å². The molecule has 4 aliphatic rings. The van der Waals surface area contributed by atoms with Gasteiger partial charge in [-0.25, -0.2) is 0 Å². The van der Waals surface area contributed by atoms with Crippen molar-refractivity contribution in [2.24, 2.45) is 22.7 Å². The Bertz CT molecular complexity index is 451. The minimum Gasteiger partial charge on any atom is -0.519 e. The van der Waals surface area contributed by atoms with Gasteiger partial charge >= 0.3 is 5.97 Å². The van der Waals surface area contributed by atoms with Crippen molar-refractivity contribution < 1.29 is 19.1 Å². The molecule has 4 aliphatic carbocycles. The number of aliphatic carboxylic acids is 1. The van der Waals surface area contributed by atoms with E-state index in [1.807, 2.05) is 19.6 Å². The first-order valence-electron chi connectivity index (χ1n) is 7.61. The monoisotopic (exact) mass is 296 g/mol. The number of hydrogen-bond acceptors (Lipinski definition) is 3. The zero-order valence-electron chi connectivity index (χ0n) is 12.6. The predicted octanol–water partition coefficient (Wildman–Crippen LogP) is 3.04. The summed E-state index contributed by atoms with van der Waals surface area (Å²) in [5.41, 5.74) is -1.15. The van der Waals surface area contributed by atoms with Gasteiger partial charge in [0, 0.05) is 0 Å². The van der Waals surface area contributed by atoms with Crippen molar-refractivity contribution in [2.45, 2.75) is 58.2 Å². The lowest BCUT2D eigenvalue weighted by Crippen LogP contribution is -2.58. The summed E-state index contributed by atoms with van der Waals surface area (Å²) in [5, 5.41) is 9.66. The molecule has 0 aromatic heterocycles. The molecule has 20 heavy (non-hydrogen) atoms. The van der Waals surface area contributed by atoms with Gasteiger partial charge in [-0.3, -0.25) is 9.59 Å². The first-order valence-corrected chi connectivity index (χ1v) is 11.0. The van der Waals surface area contributed by atoms with E-state index >= 15 is 0 Å². The molecule has 4 fully saturated rings. The number of carbonyl (C=O) groups excluding carboxylic acids is 1. The fourth-order valence-corrected chi connectivity index (χ4v) is 5.91. The Balaban J connectivity index is 1.91. The SMILES string of the molecule is C[Si](C)(C)OC(=O)C12CC3CC(CC(C(=O)O)(C3)C1)C2. The van der Waals surface area contributed by atoms with Crippen molar-refractivity contribution in [3.05, 3.63) is 0 Å². The highest BCUT2D eigenvalue weighted by Gasteiger charge is 2.64. The normalized spacial score (nSPS) is 42.5. The quantitative estimate of drug-likeness (QED) is 0.813. The standard InChI is InChI=1S/C15H24O4Si/c1-20(2,3)19-13(18)15-7-10-4-11(8-15)6-14(5-10,9-15)12(16)17/h10-11H,4-9H2,1-3H3,(H,16,17). The number of carboxylic acid groups (broad SMARTS) is 1. The molecular formula is C15H24O4Si. The molecule has 2 unspecified atom stereocenters. The van der Waals surface area contributed by atoms with Crippen molar-refractivity contribution in [1.29, 1.82) is 0 Å². The molecular weight excluding hydrogens is 272 g/mol. The summed E-state index contributed by atoms with van der Waals surface area (Å²) in [5.74, 6) is 0.0104. The van der Waals surface area contributed by atoms with E-state index in [-0.39, 0.29) is 5.97 Å². The van der Waals surface area contributed by atoms with Crippen LogP contribution in [0.2, 0.25) is 19.6 Å². The Kier molecular flexibility index (Phi) is 2.88. The Morgan fingerprint density at radius 1 is 1.05 bits per heavy atom. The van der Waals surface area contributed by atoms with E-state index in [1.54, 1.807) is 0 Å².